The first kappa shape index (κ1) is 29.0. The molecular formula is C20H30F6N2O5. The van der Waals surface area contributed by atoms with Gasteiger partial charge in [-0.3, -0.25) is 9.59 Å². The van der Waals surface area contributed by atoms with Crippen LogP contribution in [0.25, 0.3) is 0 Å². The summed E-state index contributed by atoms with van der Waals surface area (Å²) in [5.41, 5.74) is -6.70. The van der Waals surface area contributed by atoms with Crippen molar-refractivity contribution in [1.82, 2.24) is 5.32 Å². The Labute approximate surface area is 187 Å². The minimum absolute atomic E-state index is 0.251. The zero-order valence-electron chi connectivity index (χ0n) is 19.1. The monoisotopic (exact) mass is 492 g/mol. The Hall–Kier alpha value is -2.05. The van der Waals surface area contributed by atoms with Crippen LogP contribution in [0, 0.1) is 11.8 Å². The number of aliphatic hydroxyl groups is 1. The van der Waals surface area contributed by atoms with Gasteiger partial charge >= 0.3 is 18.3 Å². The molecule has 0 bridgehead atoms. The van der Waals surface area contributed by atoms with Gasteiger partial charge in [-0.15, -0.1) is 0 Å². The van der Waals surface area contributed by atoms with Crippen LogP contribution in [0.3, 0.4) is 0 Å². The summed E-state index contributed by atoms with van der Waals surface area (Å²) in [5.74, 6) is -1.24. The van der Waals surface area contributed by atoms with Gasteiger partial charge in [-0.25, -0.2) is 0 Å². The van der Waals surface area contributed by atoms with Crippen LogP contribution < -0.4 is 5.32 Å². The Morgan fingerprint density at radius 2 is 1.58 bits per heavy atom. The molecule has 1 amide bonds. The highest BCUT2D eigenvalue weighted by Crippen LogP contribution is 2.48. The minimum atomic E-state index is -6.11. The Balaban J connectivity index is 2.66. The van der Waals surface area contributed by atoms with Crippen LogP contribution in [0.4, 0.5) is 26.3 Å². The fourth-order valence-electron chi connectivity index (χ4n) is 3.86. The molecule has 0 fully saturated rings. The number of carbonyl (C=O) groups is 2. The van der Waals surface area contributed by atoms with Crippen molar-refractivity contribution in [3.63, 3.8) is 0 Å². The van der Waals surface area contributed by atoms with Crippen molar-refractivity contribution >= 4 is 17.6 Å². The standard InChI is InChI=1S/C20H30F6N2O5/c1-11(2)9-17(5,10-12(3)4)32-15(29)6-7-27-16(30)13-8-14(33-28-13)18(31,19(21,22)23)20(24,25)26/h11-12,14,31H,6-10H2,1-5H3,(H,27,30). The first-order valence-corrected chi connectivity index (χ1v) is 10.4. The molecule has 1 atom stereocenters. The van der Waals surface area contributed by atoms with Crippen LogP contribution >= 0.6 is 0 Å². The Morgan fingerprint density at radius 3 is 2.00 bits per heavy atom. The number of halogens is 6. The van der Waals surface area contributed by atoms with Crippen molar-refractivity contribution in [2.75, 3.05) is 6.54 Å². The first-order chi connectivity index (χ1) is 14.8. The largest absolute Gasteiger partial charge is 0.459 e. The van der Waals surface area contributed by atoms with Gasteiger partial charge in [0, 0.05) is 13.0 Å². The van der Waals surface area contributed by atoms with Crippen LogP contribution in [-0.4, -0.2) is 58.9 Å². The lowest BCUT2D eigenvalue weighted by atomic mass is 9.86. The fourth-order valence-corrected chi connectivity index (χ4v) is 3.86. The van der Waals surface area contributed by atoms with Gasteiger partial charge in [0.15, 0.2) is 6.10 Å². The number of amides is 1. The van der Waals surface area contributed by atoms with Crippen molar-refractivity contribution in [3.8, 4) is 0 Å². The van der Waals surface area contributed by atoms with Gasteiger partial charge in [0.1, 0.15) is 11.3 Å². The fraction of sp³-hybridized carbons (Fsp3) is 0.850. The van der Waals surface area contributed by atoms with E-state index in [0.717, 1.165) is 0 Å². The summed E-state index contributed by atoms with van der Waals surface area (Å²) < 4.78 is 83.0. The van der Waals surface area contributed by atoms with Crippen molar-refractivity contribution in [2.45, 2.75) is 90.0 Å². The van der Waals surface area contributed by atoms with Gasteiger partial charge in [-0.05, 0) is 31.6 Å². The number of nitrogens with one attached hydrogen (secondary N) is 1. The number of hydrogen-bond donors (Lipinski definition) is 2. The molecule has 0 radical (unpaired) electrons. The predicted molar refractivity (Wildman–Crippen MR) is 105 cm³/mol. The molecule has 1 unspecified atom stereocenters. The van der Waals surface area contributed by atoms with Gasteiger partial charge in [-0.2, -0.15) is 26.3 Å². The summed E-state index contributed by atoms with van der Waals surface area (Å²) in [7, 11) is 0. The topological polar surface area (TPSA) is 97.2 Å². The third-order valence-corrected chi connectivity index (χ3v) is 4.92. The van der Waals surface area contributed by atoms with Crippen LogP contribution in [-0.2, 0) is 19.2 Å². The van der Waals surface area contributed by atoms with Gasteiger partial charge in [0.05, 0.1) is 6.42 Å². The smallest absolute Gasteiger partial charge is 0.430 e. The molecule has 1 heterocycles. The lowest BCUT2D eigenvalue weighted by Gasteiger charge is -2.35. The Bertz CT molecular complexity index is 709. The van der Waals surface area contributed by atoms with E-state index in [0.29, 0.717) is 12.8 Å². The number of oxime groups is 1. The van der Waals surface area contributed by atoms with E-state index in [1.165, 1.54) is 0 Å². The Morgan fingerprint density at radius 1 is 1.09 bits per heavy atom. The van der Waals surface area contributed by atoms with Gasteiger partial charge in [0.25, 0.3) is 11.5 Å². The second-order valence-corrected chi connectivity index (χ2v) is 9.22. The second-order valence-electron chi connectivity index (χ2n) is 9.22. The molecule has 0 saturated heterocycles. The van der Waals surface area contributed by atoms with E-state index < -0.39 is 53.7 Å². The number of ether oxygens (including phenoxy) is 1. The van der Waals surface area contributed by atoms with Gasteiger partial charge in [-0.1, -0.05) is 32.9 Å². The molecule has 13 heteroatoms. The van der Waals surface area contributed by atoms with Crippen LogP contribution in [0.2, 0.25) is 0 Å². The molecule has 0 aromatic rings. The van der Waals surface area contributed by atoms with Gasteiger partial charge < -0.3 is 20.0 Å². The van der Waals surface area contributed by atoms with Crippen molar-refractivity contribution in [3.05, 3.63) is 0 Å². The molecule has 192 valence electrons. The van der Waals surface area contributed by atoms with E-state index in [1.54, 1.807) is 6.92 Å². The van der Waals surface area contributed by atoms with E-state index in [9.17, 15) is 41.0 Å². The van der Waals surface area contributed by atoms with Crippen LogP contribution in [0.5, 0.6) is 0 Å². The summed E-state index contributed by atoms with van der Waals surface area (Å²) in [4.78, 5) is 28.4. The number of nitrogens with zero attached hydrogens (tertiary/aromatic N) is 1. The molecule has 0 aliphatic carbocycles. The highest BCUT2D eigenvalue weighted by molar-refractivity contribution is 6.39. The molecule has 0 aromatic heterocycles. The number of esters is 1. The molecular weight excluding hydrogens is 462 g/mol. The van der Waals surface area contributed by atoms with E-state index in [2.05, 4.69) is 15.3 Å². The zero-order chi connectivity index (χ0) is 25.8. The number of alkyl halides is 6. The number of hydrogen-bond acceptors (Lipinski definition) is 6. The zero-order valence-corrected chi connectivity index (χ0v) is 19.1. The van der Waals surface area contributed by atoms with E-state index in [-0.39, 0.29) is 24.8 Å². The summed E-state index contributed by atoms with van der Waals surface area (Å²) in [6.07, 6.45) is -15.4. The molecule has 0 spiro atoms. The second kappa shape index (κ2) is 10.5. The van der Waals surface area contributed by atoms with Crippen molar-refractivity contribution in [1.29, 1.82) is 0 Å². The molecule has 2 N–H and O–H groups in total. The first-order valence-electron chi connectivity index (χ1n) is 10.4. The maximum atomic E-state index is 12.9. The average Bonchev–Trinajstić information content (AvgIpc) is 3.07. The number of rotatable bonds is 10. The maximum Gasteiger partial charge on any atom is 0.430 e. The highest BCUT2D eigenvalue weighted by atomic mass is 19.4. The lowest BCUT2D eigenvalue weighted by Crippen LogP contribution is -2.64. The summed E-state index contributed by atoms with van der Waals surface area (Å²) >= 11 is 0. The molecule has 1 rings (SSSR count). The van der Waals surface area contributed by atoms with Crippen molar-refractivity contribution < 1.29 is 50.6 Å². The Kier molecular flexibility index (Phi) is 9.20. The third-order valence-electron chi connectivity index (χ3n) is 4.92. The van der Waals surface area contributed by atoms with Crippen molar-refractivity contribution in [2.24, 2.45) is 17.0 Å². The predicted octanol–water partition coefficient (Wildman–Crippen LogP) is 3.89. The molecule has 33 heavy (non-hydrogen) atoms. The summed E-state index contributed by atoms with van der Waals surface area (Å²) in [6, 6.07) is 0. The molecule has 7 nitrogen and oxygen atoms in total. The van der Waals surface area contributed by atoms with E-state index in [4.69, 9.17) is 4.74 Å². The lowest BCUT2D eigenvalue weighted by molar-refractivity contribution is -0.392. The summed E-state index contributed by atoms with van der Waals surface area (Å²) in [5, 5.41) is 14.5. The molecule has 1 aliphatic rings. The molecule has 1 aliphatic heterocycles. The molecule has 0 saturated carbocycles. The van der Waals surface area contributed by atoms with E-state index in [1.807, 2.05) is 27.7 Å². The molecule has 0 aromatic carbocycles. The summed E-state index contributed by atoms with van der Waals surface area (Å²) in [6.45, 7) is 9.41. The van der Waals surface area contributed by atoms with Crippen LogP contribution in [0.15, 0.2) is 5.16 Å². The normalized spacial score (nSPS) is 17.8. The minimum Gasteiger partial charge on any atom is -0.459 e. The third kappa shape index (κ3) is 7.47. The average molecular weight is 492 g/mol. The number of carbonyl (C=O) groups excluding carboxylic acids is 2. The maximum absolute atomic E-state index is 12.9. The van der Waals surface area contributed by atoms with E-state index >= 15 is 0 Å². The highest BCUT2D eigenvalue weighted by Gasteiger charge is 2.76. The quantitative estimate of drug-likeness (QED) is 0.356. The van der Waals surface area contributed by atoms with Gasteiger partial charge in [0.2, 0.25) is 0 Å². The SMILES string of the molecule is CC(C)CC(C)(CC(C)C)OC(=O)CCNC(=O)C1=NOC(C(O)(C(F)(F)F)C(F)(F)F)C1. The van der Waals surface area contributed by atoms with Crippen LogP contribution in [0.1, 0.15) is 60.3 Å².